The van der Waals surface area contributed by atoms with E-state index in [1.807, 2.05) is 6.92 Å². The van der Waals surface area contributed by atoms with Gasteiger partial charge in [-0.2, -0.15) is 0 Å². The third-order valence-corrected chi connectivity index (χ3v) is 3.61. The normalized spacial score (nSPS) is 25.9. The first-order valence-electron chi connectivity index (χ1n) is 4.93. The number of hydrogen-bond donors (Lipinski definition) is 1. The molecule has 4 heteroatoms. The highest BCUT2D eigenvalue weighted by Gasteiger charge is 2.33. The van der Waals surface area contributed by atoms with E-state index >= 15 is 0 Å². The lowest BCUT2D eigenvalue weighted by molar-refractivity contribution is 0.394. The molecule has 1 fully saturated rings. The van der Waals surface area contributed by atoms with Gasteiger partial charge in [0.2, 0.25) is 0 Å². The maximum Gasteiger partial charge on any atom is 0.173 e. The van der Waals surface area contributed by atoms with Gasteiger partial charge in [0.25, 0.3) is 0 Å². The zero-order valence-corrected chi connectivity index (χ0v) is 10.00. The fourth-order valence-electron chi connectivity index (χ4n) is 2.08. The van der Waals surface area contributed by atoms with Crippen LogP contribution in [0.15, 0.2) is 16.6 Å². The SMILES string of the molecule is CC1(c2ccc(Br)c(F)c2F)CCCN1. The van der Waals surface area contributed by atoms with Gasteiger partial charge in [-0.15, -0.1) is 0 Å². The highest BCUT2D eigenvalue weighted by atomic mass is 79.9. The van der Waals surface area contributed by atoms with Crippen molar-refractivity contribution < 1.29 is 8.78 Å². The Kier molecular flexibility index (Phi) is 2.81. The molecule has 0 radical (unpaired) electrons. The number of rotatable bonds is 1. The molecule has 1 aromatic carbocycles. The first kappa shape index (κ1) is 11.0. The quantitative estimate of drug-likeness (QED) is 0.776. The number of hydrogen-bond acceptors (Lipinski definition) is 1. The summed E-state index contributed by atoms with van der Waals surface area (Å²) in [6.45, 7) is 2.76. The van der Waals surface area contributed by atoms with Crippen molar-refractivity contribution in [2.45, 2.75) is 25.3 Å². The van der Waals surface area contributed by atoms with Crippen molar-refractivity contribution in [1.82, 2.24) is 5.32 Å². The number of nitrogens with one attached hydrogen (secondary N) is 1. The van der Waals surface area contributed by atoms with E-state index in [0.29, 0.717) is 5.56 Å². The second-order valence-electron chi connectivity index (χ2n) is 4.09. The lowest BCUT2D eigenvalue weighted by Gasteiger charge is -2.25. The van der Waals surface area contributed by atoms with Crippen LogP contribution in [0.4, 0.5) is 8.78 Å². The summed E-state index contributed by atoms with van der Waals surface area (Å²) >= 11 is 2.97. The second-order valence-corrected chi connectivity index (χ2v) is 4.94. The molecule has 1 heterocycles. The molecule has 0 saturated carbocycles. The molecular weight excluding hydrogens is 264 g/mol. The van der Waals surface area contributed by atoms with Crippen molar-refractivity contribution in [2.24, 2.45) is 0 Å². The Balaban J connectivity index is 2.49. The fraction of sp³-hybridized carbons (Fsp3) is 0.455. The first-order valence-corrected chi connectivity index (χ1v) is 5.73. The minimum Gasteiger partial charge on any atom is -0.308 e. The van der Waals surface area contributed by atoms with Crippen molar-refractivity contribution in [2.75, 3.05) is 6.54 Å². The van der Waals surface area contributed by atoms with Crippen molar-refractivity contribution in [3.05, 3.63) is 33.8 Å². The van der Waals surface area contributed by atoms with E-state index in [9.17, 15) is 8.78 Å². The van der Waals surface area contributed by atoms with Gasteiger partial charge >= 0.3 is 0 Å². The standard InChI is InChI=1S/C11H12BrF2N/c1-11(5-2-6-15-11)7-3-4-8(12)10(14)9(7)13/h3-4,15H,2,5-6H2,1H3. The van der Waals surface area contributed by atoms with Gasteiger partial charge in [-0.3, -0.25) is 0 Å². The summed E-state index contributed by atoms with van der Waals surface area (Å²) in [5.41, 5.74) is -0.00766. The van der Waals surface area contributed by atoms with E-state index in [4.69, 9.17) is 0 Å². The molecule has 0 bridgehead atoms. The summed E-state index contributed by atoms with van der Waals surface area (Å²) in [7, 11) is 0. The molecule has 1 aromatic rings. The third-order valence-electron chi connectivity index (χ3n) is 3.00. The molecule has 0 aliphatic carbocycles. The zero-order valence-electron chi connectivity index (χ0n) is 8.41. The predicted molar refractivity (Wildman–Crippen MR) is 58.6 cm³/mol. The van der Waals surface area contributed by atoms with Crippen LogP contribution in [0.3, 0.4) is 0 Å². The van der Waals surface area contributed by atoms with E-state index < -0.39 is 17.2 Å². The average Bonchev–Trinajstić information content (AvgIpc) is 2.62. The molecule has 0 aromatic heterocycles. The van der Waals surface area contributed by atoms with E-state index in [1.54, 1.807) is 12.1 Å². The third kappa shape index (κ3) is 1.81. The van der Waals surface area contributed by atoms with Crippen LogP contribution in [-0.2, 0) is 5.54 Å². The van der Waals surface area contributed by atoms with Gasteiger partial charge in [0.05, 0.1) is 4.47 Å². The van der Waals surface area contributed by atoms with Crippen LogP contribution in [0, 0.1) is 11.6 Å². The van der Waals surface area contributed by atoms with Crippen LogP contribution in [0.1, 0.15) is 25.3 Å². The predicted octanol–water partition coefficient (Wildman–Crippen LogP) is 3.33. The molecule has 1 aliphatic rings. The van der Waals surface area contributed by atoms with Crippen molar-refractivity contribution in [1.29, 1.82) is 0 Å². The molecule has 1 atom stereocenters. The Morgan fingerprint density at radius 3 is 2.67 bits per heavy atom. The fourth-order valence-corrected chi connectivity index (χ4v) is 2.38. The van der Waals surface area contributed by atoms with Gasteiger partial charge in [0.15, 0.2) is 11.6 Å². The first-order chi connectivity index (χ1) is 7.04. The zero-order chi connectivity index (χ0) is 11.1. The van der Waals surface area contributed by atoms with E-state index in [1.165, 1.54) is 0 Å². The van der Waals surface area contributed by atoms with Crippen LogP contribution in [0.2, 0.25) is 0 Å². The van der Waals surface area contributed by atoms with Crippen LogP contribution in [0.25, 0.3) is 0 Å². The van der Waals surface area contributed by atoms with Crippen LogP contribution in [0.5, 0.6) is 0 Å². The minimum atomic E-state index is -0.803. The second kappa shape index (κ2) is 3.83. The van der Waals surface area contributed by atoms with Gasteiger partial charge in [-0.25, -0.2) is 8.78 Å². The maximum atomic E-state index is 13.7. The molecule has 0 spiro atoms. The summed E-state index contributed by atoms with van der Waals surface area (Å²) in [4.78, 5) is 0. The highest BCUT2D eigenvalue weighted by molar-refractivity contribution is 9.10. The summed E-state index contributed by atoms with van der Waals surface area (Å²) in [6, 6.07) is 3.19. The smallest absolute Gasteiger partial charge is 0.173 e. The molecule has 1 N–H and O–H groups in total. The van der Waals surface area contributed by atoms with Gasteiger partial charge in [0.1, 0.15) is 0 Å². The molecular formula is C11H12BrF2N. The van der Waals surface area contributed by atoms with Gasteiger partial charge < -0.3 is 5.32 Å². The lowest BCUT2D eigenvalue weighted by atomic mass is 9.90. The summed E-state index contributed by atoms with van der Waals surface area (Å²) < 4.78 is 27.3. The summed E-state index contributed by atoms with van der Waals surface area (Å²) in [5.74, 6) is -1.55. The largest absolute Gasteiger partial charge is 0.308 e. The molecule has 1 unspecified atom stereocenters. The Bertz CT molecular complexity index is 386. The molecule has 1 nitrogen and oxygen atoms in total. The topological polar surface area (TPSA) is 12.0 Å². The van der Waals surface area contributed by atoms with Crippen molar-refractivity contribution in [3.8, 4) is 0 Å². The van der Waals surface area contributed by atoms with Crippen molar-refractivity contribution >= 4 is 15.9 Å². The summed E-state index contributed by atoms with van der Waals surface area (Å²) in [5, 5.41) is 3.21. The lowest BCUT2D eigenvalue weighted by Crippen LogP contribution is -2.34. The van der Waals surface area contributed by atoms with Gasteiger partial charge in [-0.05, 0) is 48.3 Å². The van der Waals surface area contributed by atoms with E-state index in [0.717, 1.165) is 19.4 Å². The van der Waals surface area contributed by atoms with E-state index in [2.05, 4.69) is 21.2 Å². The van der Waals surface area contributed by atoms with Crippen LogP contribution in [-0.4, -0.2) is 6.54 Å². The Hall–Kier alpha value is -0.480. The molecule has 82 valence electrons. The maximum absolute atomic E-state index is 13.7. The van der Waals surface area contributed by atoms with E-state index in [-0.39, 0.29) is 4.47 Å². The molecule has 15 heavy (non-hydrogen) atoms. The molecule has 1 aliphatic heterocycles. The molecule has 0 amide bonds. The van der Waals surface area contributed by atoms with Gasteiger partial charge in [0, 0.05) is 11.1 Å². The average molecular weight is 276 g/mol. The number of halogens is 3. The summed E-state index contributed by atoms with van der Waals surface area (Å²) in [6.07, 6.45) is 1.83. The van der Waals surface area contributed by atoms with Crippen LogP contribution < -0.4 is 5.32 Å². The Labute approximate surface area is 96.0 Å². The Morgan fingerprint density at radius 2 is 2.07 bits per heavy atom. The van der Waals surface area contributed by atoms with Crippen LogP contribution >= 0.6 is 15.9 Å². The number of benzene rings is 1. The minimum absolute atomic E-state index is 0.172. The Morgan fingerprint density at radius 1 is 1.33 bits per heavy atom. The monoisotopic (exact) mass is 275 g/mol. The molecule has 2 rings (SSSR count). The molecule has 1 saturated heterocycles. The van der Waals surface area contributed by atoms with Gasteiger partial charge in [-0.1, -0.05) is 6.07 Å². The van der Waals surface area contributed by atoms with Crippen molar-refractivity contribution in [3.63, 3.8) is 0 Å². The highest BCUT2D eigenvalue weighted by Crippen LogP contribution is 2.34.